The van der Waals surface area contributed by atoms with Crippen LogP contribution in [0.1, 0.15) is 23.1 Å². The molecule has 0 spiro atoms. The molecule has 3 nitrogen and oxygen atoms in total. The highest BCUT2D eigenvalue weighted by atomic mass is 35.5. The molecular formula is C19H25ClN2O. The highest BCUT2D eigenvalue weighted by molar-refractivity contribution is 6.30. The molecule has 2 N–H and O–H groups in total. The summed E-state index contributed by atoms with van der Waals surface area (Å²) < 4.78 is 5.99. The van der Waals surface area contributed by atoms with Crippen molar-refractivity contribution >= 4 is 11.6 Å². The summed E-state index contributed by atoms with van der Waals surface area (Å²) >= 11 is 6.12. The first-order valence-corrected chi connectivity index (χ1v) is 8.39. The van der Waals surface area contributed by atoms with Crippen LogP contribution in [-0.2, 0) is 13.2 Å². The first kappa shape index (κ1) is 17.8. The van der Waals surface area contributed by atoms with Crippen molar-refractivity contribution in [2.24, 2.45) is 0 Å². The second kappa shape index (κ2) is 9.56. The largest absolute Gasteiger partial charge is 0.489 e. The first-order chi connectivity index (χ1) is 11.2. The predicted molar refractivity (Wildman–Crippen MR) is 97.2 cm³/mol. The predicted octanol–water partition coefficient (Wildman–Crippen LogP) is 3.93. The molecule has 0 aliphatic rings. The third-order valence-electron chi connectivity index (χ3n) is 3.63. The van der Waals surface area contributed by atoms with Gasteiger partial charge in [-0.05, 0) is 57.2 Å². The van der Waals surface area contributed by atoms with E-state index in [1.54, 1.807) is 0 Å². The Morgan fingerprint density at radius 3 is 2.57 bits per heavy atom. The summed E-state index contributed by atoms with van der Waals surface area (Å²) in [6.45, 7) is 5.38. The molecular weight excluding hydrogens is 308 g/mol. The number of benzene rings is 2. The minimum atomic E-state index is 0.564. The molecule has 2 aromatic carbocycles. The summed E-state index contributed by atoms with van der Waals surface area (Å²) in [5.74, 6) is 0.885. The van der Waals surface area contributed by atoms with Crippen LogP contribution in [0.15, 0.2) is 42.5 Å². The van der Waals surface area contributed by atoms with E-state index in [0.717, 1.165) is 42.4 Å². The lowest BCUT2D eigenvalue weighted by Gasteiger charge is -2.13. The van der Waals surface area contributed by atoms with Gasteiger partial charge in [0.05, 0.1) is 0 Å². The van der Waals surface area contributed by atoms with E-state index in [9.17, 15) is 0 Å². The van der Waals surface area contributed by atoms with Crippen molar-refractivity contribution in [1.29, 1.82) is 0 Å². The van der Waals surface area contributed by atoms with Gasteiger partial charge in [0.25, 0.3) is 0 Å². The summed E-state index contributed by atoms with van der Waals surface area (Å²) in [6, 6.07) is 14.2. The van der Waals surface area contributed by atoms with Gasteiger partial charge in [-0.1, -0.05) is 41.4 Å². The minimum absolute atomic E-state index is 0.564. The van der Waals surface area contributed by atoms with Gasteiger partial charge >= 0.3 is 0 Å². The molecule has 0 aliphatic heterocycles. The van der Waals surface area contributed by atoms with Crippen LogP contribution in [0.25, 0.3) is 0 Å². The van der Waals surface area contributed by atoms with Crippen LogP contribution in [0.2, 0.25) is 5.02 Å². The normalized spacial score (nSPS) is 10.7. The zero-order valence-corrected chi connectivity index (χ0v) is 14.6. The van der Waals surface area contributed by atoms with Crippen molar-refractivity contribution < 1.29 is 4.74 Å². The number of hydrogen-bond donors (Lipinski definition) is 2. The van der Waals surface area contributed by atoms with E-state index in [1.807, 2.05) is 25.2 Å². The summed E-state index contributed by atoms with van der Waals surface area (Å²) in [5.41, 5.74) is 3.51. The summed E-state index contributed by atoms with van der Waals surface area (Å²) in [5, 5.41) is 7.31. The number of halogens is 1. The summed E-state index contributed by atoms with van der Waals surface area (Å²) in [4.78, 5) is 0. The van der Waals surface area contributed by atoms with Crippen LogP contribution >= 0.6 is 11.6 Å². The topological polar surface area (TPSA) is 33.3 Å². The lowest BCUT2D eigenvalue weighted by molar-refractivity contribution is 0.302. The molecule has 2 rings (SSSR count). The quantitative estimate of drug-likeness (QED) is 0.683. The van der Waals surface area contributed by atoms with E-state index in [0.29, 0.717) is 6.61 Å². The number of ether oxygens (including phenoxy) is 1. The van der Waals surface area contributed by atoms with Gasteiger partial charge < -0.3 is 15.4 Å². The van der Waals surface area contributed by atoms with E-state index in [4.69, 9.17) is 16.3 Å². The molecule has 0 amide bonds. The van der Waals surface area contributed by atoms with E-state index in [1.165, 1.54) is 11.1 Å². The van der Waals surface area contributed by atoms with Gasteiger partial charge in [0.15, 0.2) is 0 Å². The molecule has 23 heavy (non-hydrogen) atoms. The first-order valence-electron chi connectivity index (χ1n) is 8.01. The average molecular weight is 333 g/mol. The Bertz CT molecular complexity index is 599. The van der Waals surface area contributed by atoms with Gasteiger partial charge in [0.2, 0.25) is 0 Å². The Hall–Kier alpha value is -1.55. The fourth-order valence-corrected chi connectivity index (χ4v) is 2.48. The van der Waals surface area contributed by atoms with Gasteiger partial charge in [-0.2, -0.15) is 0 Å². The SMILES string of the molecule is CNCCCNCc1cc(Cl)ccc1OCc1ccc(C)cc1. The number of aryl methyl sites for hydroxylation is 1. The van der Waals surface area contributed by atoms with Crippen LogP contribution in [0.5, 0.6) is 5.75 Å². The maximum Gasteiger partial charge on any atom is 0.124 e. The lowest BCUT2D eigenvalue weighted by atomic mass is 10.1. The Labute approximate surface area is 144 Å². The lowest BCUT2D eigenvalue weighted by Crippen LogP contribution is -2.19. The van der Waals surface area contributed by atoms with E-state index >= 15 is 0 Å². The van der Waals surface area contributed by atoms with Crippen LogP contribution in [-0.4, -0.2) is 20.1 Å². The van der Waals surface area contributed by atoms with E-state index in [2.05, 4.69) is 41.8 Å². The molecule has 0 fully saturated rings. The summed E-state index contributed by atoms with van der Waals surface area (Å²) in [6.07, 6.45) is 1.09. The highest BCUT2D eigenvalue weighted by Gasteiger charge is 2.05. The zero-order chi connectivity index (χ0) is 16.5. The van der Waals surface area contributed by atoms with Gasteiger partial charge in [-0.25, -0.2) is 0 Å². The van der Waals surface area contributed by atoms with Crippen molar-refractivity contribution in [3.8, 4) is 5.75 Å². The molecule has 0 atom stereocenters. The maximum atomic E-state index is 6.12. The highest BCUT2D eigenvalue weighted by Crippen LogP contribution is 2.24. The molecule has 4 heteroatoms. The number of rotatable bonds is 9. The van der Waals surface area contributed by atoms with Crippen LogP contribution in [0, 0.1) is 6.92 Å². The molecule has 0 heterocycles. The maximum absolute atomic E-state index is 6.12. The Kier molecular flexibility index (Phi) is 7.40. The van der Waals surface area contributed by atoms with Gasteiger partial charge in [-0.15, -0.1) is 0 Å². The van der Waals surface area contributed by atoms with Crippen LogP contribution < -0.4 is 15.4 Å². The van der Waals surface area contributed by atoms with Crippen LogP contribution in [0.4, 0.5) is 0 Å². The molecule has 0 saturated heterocycles. The monoisotopic (exact) mass is 332 g/mol. The van der Waals surface area contributed by atoms with Crippen molar-refractivity contribution in [2.75, 3.05) is 20.1 Å². The molecule has 0 bridgehead atoms. The van der Waals surface area contributed by atoms with Gasteiger partial charge in [-0.3, -0.25) is 0 Å². The van der Waals surface area contributed by atoms with Crippen molar-refractivity contribution in [2.45, 2.75) is 26.5 Å². The fraction of sp³-hybridized carbons (Fsp3) is 0.368. The van der Waals surface area contributed by atoms with Crippen molar-refractivity contribution in [3.63, 3.8) is 0 Å². The van der Waals surface area contributed by atoms with Gasteiger partial charge in [0.1, 0.15) is 12.4 Å². The Balaban J connectivity index is 1.93. The Morgan fingerprint density at radius 1 is 1.04 bits per heavy atom. The van der Waals surface area contributed by atoms with E-state index in [-0.39, 0.29) is 0 Å². The number of hydrogen-bond acceptors (Lipinski definition) is 3. The smallest absolute Gasteiger partial charge is 0.124 e. The standard InChI is InChI=1S/C19H25ClN2O/c1-15-4-6-16(7-5-15)14-23-19-9-8-18(20)12-17(19)13-22-11-3-10-21-2/h4-9,12,21-22H,3,10-11,13-14H2,1-2H3. The van der Waals surface area contributed by atoms with Gasteiger partial charge in [0, 0.05) is 17.1 Å². The second-order valence-corrected chi connectivity index (χ2v) is 6.10. The van der Waals surface area contributed by atoms with Crippen molar-refractivity contribution in [3.05, 3.63) is 64.2 Å². The molecule has 0 unspecified atom stereocenters. The third-order valence-corrected chi connectivity index (χ3v) is 3.87. The molecule has 0 aliphatic carbocycles. The second-order valence-electron chi connectivity index (χ2n) is 5.66. The fourth-order valence-electron chi connectivity index (χ4n) is 2.29. The molecule has 0 aromatic heterocycles. The molecule has 0 saturated carbocycles. The number of nitrogens with one attached hydrogen (secondary N) is 2. The van der Waals surface area contributed by atoms with Crippen LogP contribution in [0.3, 0.4) is 0 Å². The minimum Gasteiger partial charge on any atom is -0.489 e. The third kappa shape index (κ3) is 6.22. The van der Waals surface area contributed by atoms with Crippen molar-refractivity contribution in [1.82, 2.24) is 10.6 Å². The molecule has 2 aromatic rings. The average Bonchev–Trinajstić information content (AvgIpc) is 2.55. The molecule has 124 valence electrons. The molecule has 0 radical (unpaired) electrons. The summed E-state index contributed by atoms with van der Waals surface area (Å²) in [7, 11) is 1.97. The Morgan fingerprint density at radius 2 is 1.83 bits per heavy atom. The zero-order valence-electron chi connectivity index (χ0n) is 13.9. The van der Waals surface area contributed by atoms with E-state index < -0.39 is 0 Å².